The van der Waals surface area contributed by atoms with Crippen LogP contribution in [0.1, 0.15) is 17.2 Å². The molecule has 0 saturated carbocycles. The lowest BCUT2D eigenvalue weighted by Crippen LogP contribution is -2.07. The Morgan fingerprint density at radius 1 is 1.11 bits per heavy atom. The molecule has 2 rings (SSSR count). The maximum absolute atomic E-state index is 13.6. The molecule has 1 nitrogen and oxygen atoms in total. The molecule has 2 aromatic rings. The van der Waals surface area contributed by atoms with E-state index in [0.717, 1.165) is 20.2 Å². The summed E-state index contributed by atoms with van der Waals surface area (Å²) in [6, 6.07) is 8.75. The first kappa shape index (κ1) is 13.9. The molecule has 1 atom stereocenters. The molecule has 94 valence electrons. The number of hydrogen-bond donors (Lipinski definition) is 1. The van der Waals surface area contributed by atoms with E-state index < -0.39 is 17.7 Å². The van der Waals surface area contributed by atoms with Gasteiger partial charge in [-0.15, -0.1) is 0 Å². The van der Waals surface area contributed by atoms with Crippen LogP contribution in [0.25, 0.3) is 0 Å². The Hall–Kier alpha value is -0.530. The molecule has 0 aromatic heterocycles. The predicted octanol–water partition coefficient (Wildman–Crippen LogP) is 4.41. The maximum Gasteiger partial charge on any atom is 0.132 e. The Kier molecular flexibility index (Phi) is 4.34. The Labute approximate surface area is 125 Å². The molecule has 0 saturated heterocycles. The number of rotatable bonds is 2. The minimum atomic E-state index is -1.32. The topological polar surface area (TPSA) is 20.2 Å². The van der Waals surface area contributed by atoms with Crippen molar-refractivity contribution >= 4 is 38.5 Å². The lowest BCUT2D eigenvalue weighted by molar-refractivity contribution is 0.208. The van der Waals surface area contributed by atoms with E-state index in [2.05, 4.69) is 15.9 Å². The standard InChI is InChI=1S/C13H8BrF2IO/c14-7-4-5-11(17)8(6-7)13(18)12-9(15)2-1-3-10(12)16/h1-6,13,18H. The third-order valence-corrected chi connectivity index (χ3v) is 4.00. The monoisotopic (exact) mass is 424 g/mol. The van der Waals surface area contributed by atoms with Crippen molar-refractivity contribution in [2.75, 3.05) is 0 Å². The summed E-state index contributed by atoms with van der Waals surface area (Å²) in [6.07, 6.45) is -1.32. The minimum absolute atomic E-state index is 0.325. The summed E-state index contributed by atoms with van der Waals surface area (Å²) in [6.45, 7) is 0. The molecular formula is C13H8BrF2IO. The quantitative estimate of drug-likeness (QED) is 0.708. The summed E-state index contributed by atoms with van der Waals surface area (Å²) in [7, 11) is 0. The van der Waals surface area contributed by atoms with Gasteiger partial charge in [0, 0.05) is 8.04 Å². The first-order valence-electron chi connectivity index (χ1n) is 5.07. The summed E-state index contributed by atoms with van der Waals surface area (Å²) < 4.78 is 28.7. The van der Waals surface area contributed by atoms with Gasteiger partial charge in [-0.3, -0.25) is 0 Å². The van der Waals surface area contributed by atoms with E-state index in [1.807, 2.05) is 22.6 Å². The maximum atomic E-state index is 13.6. The van der Waals surface area contributed by atoms with Gasteiger partial charge in [-0.25, -0.2) is 8.78 Å². The van der Waals surface area contributed by atoms with Crippen molar-refractivity contribution in [1.29, 1.82) is 0 Å². The Morgan fingerprint density at radius 3 is 2.33 bits per heavy atom. The molecule has 5 heteroatoms. The second-order valence-corrected chi connectivity index (χ2v) is 5.78. The fourth-order valence-corrected chi connectivity index (χ4v) is 2.66. The molecule has 0 radical (unpaired) electrons. The van der Waals surface area contributed by atoms with Crippen molar-refractivity contribution in [2.45, 2.75) is 6.10 Å². The van der Waals surface area contributed by atoms with E-state index in [-0.39, 0.29) is 5.56 Å². The highest BCUT2D eigenvalue weighted by Gasteiger charge is 2.21. The third-order valence-electron chi connectivity index (χ3n) is 2.53. The molecule has 0 heterocycles. The summed E-state index contributed by atoms with van der Waals surface area (Å²) in [5.74, 6) is -1.50. The molecule has 0 aliphatic heterocycles. The van der Waals surface area contributed by atoms with Gasteiger partial charge in [0.25, 0.3) is 0 Å². The average Bonchev–Trinajstić information content (AvgIpc) is 2.32. The van der Waals surface area contributed by atoms with E-state index in [1.54, 1.807) is 18.2 Å². The van der Waals surface area contributed by atoms with Gasteiger partial charge >= 0.3 is 0 Å². The fraction of sp³-hybridized carbons (Fsp3) is 0.0769. The minimum Gasteiger partial charge on any atom is -0.383 e. The molecule has 18 heavy (non-hydrogen) atoms. The molecule has 0 aliphatic carbocycles. The number of hydrogen-bond acceptors (Lipinski definition) is 1. The van der Waals surface area contributed by atoms with E-state index in [0.29, 0.717) is 5.56 Å². The highest BCUT2D eigenvalue weighted by Crippen LogP contribution is 2.31. The van der Waals surface area contributed by atoms with Gasteiger partial charge in [-0.2, -0.15) is 0 Å². The number of halogens is 4. The van der Waals surface area contributed by atoms with Crippen LogP contribution in [0, 0.1) is 15.2 Å². The smallest absolute Gasteiger partial charge is 0.132 e. The summed E-state index contributed by atoms with van der Waals surface area (Å²) in [4.78, 5) is 0. The van der Waals surface area contributed by atoms with Crippen LogP contribution < -0.4 is 0 Å². The number of benzene rings is 2. The SMILES string of the molecule is OC(c1cc(Br)ccc1I)c1c(F)cccc1F. The highest BCUT2D eigenvalue weighted by atomic mass is 127. The Bertz CT molecular complexity index is 569. The molecule has 1 N–H and O–H groups in total. The van der Waals surface area contributed by atoms with E-state index in [4.69, 9.17) is 0 Å². The summed E-state index contributed by atoms with van der Waals surface area (Å²) in [5, 5.41) is 10.2. The van der Waals surface area contributed by atoms with E-state index in [9.17, 15) is 13.9 Å². The molecule has 2 aromatic carbocycles. The lowest BCUT2D eigenvalue weighted by Gasteiger charge is -2.15. The molecule has 0 amide bonds. The van der Waals surface area contributed by atoms with Gasteiger partial charge in [-0.1, -0.05) is 22.0 Å². The van der Waals surface area contributed by atoms with Gasteiger partial charge in [-0.05, 0) is 58.5 Å². The molecule has 0 bridgehead atoms. The molecule has 0 aliphatic rings. The predicted molar refractivity (Wildman–Crippen MR) is 77.3 cm³/mol. The molecular weight excluding hydrogens is 417 g/mol. The van der Waals surface area contributed by atoms with Crippen LogP contribution in [0.3, 0.4) is 0 Å². The van der Waals surface area contributed by atoms with Crippen LogP contribution >= 0.6 is 38.5 Å². The summed E-state index contributed by atoms with van der Waals surface area (Å²) >= 11 is 5.29. The normalized spacial score (nSPS) is 12.5. The zero-order valence-electron chi connectivity index (χ0n) is 9.00. The van der Waals surface area contributed by atoms with Gasteiger partial charge in [0.05, 0.1) is 5.56 Å². The van der Waals surface area contributed by atoms with Gasteiger partial charge in [0.15, 0.2) is 0 Å². The van der Waals surface area contributed by atoms with Crippen LogP contribution in [-0.4, -0.2) is 5.11 Å². The Balaban J connectivity index is 2.54. The van der Waals surface area contributed by atoms with Gasteiger partial charge in [0.2, 0.25) is 0 Å². The second-order valence-electron chi connectivity index (χ2n) is 3.70. The zero-order valence-corrected chi connectivity index (χ0v) is 12.7. The van der Waals surface area contributed by atoms with Crippen molar-refractivity contribution in [3.8, 4) is 0 Å². The van der Waals surface area contributed by atoms with Crippen LogP contribution in [0.5, 0.6) is 0 Å². The average molecular weight is 425 g/mol. The fourth-order valence-electron chi connectivity index (χ4n) is 1.65. The molecule has 0 fully saturated rings. The second kappa shape index (κ2) is 5.63. The van der Waals surface area contributed by atoms with E-state index in [1.165, 1.54) is 6.07 Å². The zero-order chi connectivity index (χ0) is 13.3. The Morgan fingerprint density at radius 2 is 1.72 bits per heavy atom. The number of aliphatic hydroxyl groups excluding tert-OH is 1. The lowest BCUT2D eigenvalue weighted by atomic mass is 10.0. The van der Waals surface area contributed by atoms with Crippen LogP contribution in [-0.2, 0) is 0 Å². The van der Waals surface area contributed by atoms with Crippen molar-refractivity contribution in [1.82, 2.24) is 0 Å². The molecule has 1 unspecified atom stereocenters. The van der Waals surface area contributed by atoms with Gasteiger partial charge in [0.1, 0.15) is 17.7 Å². The largest absolute Gasteiger partial charge is 0.383 e. The number of aliphatic hydroxyl groups is 1. The van der Waals surface area contributed by atoms with E-state index >= 15 is 0 Å². The van der Waals surface area contributed by atoms with Crippen molar-refractivity contribution in [2.24, 2.45) is 0 Å². The first-order valence-corrected chi connectivity index (χ1v) is 6.95. The first-order chi connectivity index (χ1) is 8.50. The van der Waals surface area contributed by atoms with Crippen molar-refractivity contribution in [3.05, 3.63) is 67.2 Å². The van der Waals surface area contributed by atoms with Crippen LogP contribution in [0.4, 0.5) is 8.78 Å². The third kappa shape index (κ3) is 2.73. The van der Waals surface area contributed by atoms with Crippen LogP contribution in [0.15, 0.2) is 40.9 Å². The van der Waals surface area contributed by atoms with Crippen molar-refractivity contribution < 1.29 is 13.9 Å². The molecule has 0 spiro atoms. The van der Waals surface area contributed by atoms with Crippen molar-refractivity contribution in [3.63, 3.8) is 0 Å². The van der Waals surface area contributed by atoms with Gasteiger partial charge < -0.3 is 5.11 Å². The summed E-state index contributed by atoms with van der Waals surface area (Å²) in [5.41, 5.74) is 0.141. The highest BCUT2D eigenvalue weighted by molar-refractivity contribution is 14.1. The van der Waals surface area contributed by atoms with Crippen LogP contribution in [0.2, 0.25) is 0 Å².